The summed E-state index contributed by atoms with van der Waals surface area (Å²) in [6.07, 6.45) is -2.43. The molecule has 1 aromatic heterocycles. The standard InChI is InChI=1S/C25H31F4N7O2/c1-35-11-13-36(14-12-35)23(38)16-5-7-17(8-6-16)32-24-31-15-19(25(27,28)29)21(34-24)33-20-4-2-3-18(20)22(37)30-10-9-26/h5-8,15,18,20H,2-4,9-14H2,1H3,(H,30,37)(H2,31,32,33,34)/t18-,20+/m0/s1. The Morgan fingerprint density at radius 1 is 1.08 bits per heavy atom. The van der Waals surface area contributed by atoms with Crippen molar-refractivity contribution in [1.29, 1.82) is 0 Å². The first-order chi connectivity index (χ1) is 18.2. The van der Waals surface area contributed by atoms with Gasteiger partial charge >= 0.3 is 6.18 Å². The Morgan fingerprint density at radius 3 is 2.45 bits per heavy atom. The second-order valence-corrected chi connectivity index (χ2v) is 9.52. The number of aromatic nitrogens is 2. The Labute approximate surface area is 218 Å². The molecule has 0 bridgehead atoms. The van der Waals surface area contributed by atoms with Gasteiger partial charge in [0.05, 0.1) is 5.92 Å². The van der Waals surface area contributed by atoms with Crippen LogP contribution in [0.3, 0.4) is 0 Å². The van der Waals surface area contributed by atoms with Crippen LogP contribution in [0.15, 0.2) is 30.5 Å². The molecule has 2 aliphatic rings. The van der Waals surface area contributed by atoms with Gasteiger partial charge in [-0.15, -0.1) is 0 Å². The lowest BCUT2D eigenvalue weighted by Gasteiger charge is -2.32. The third kappa shape index (κ3) is 6.69. The van der Waals surface area contributed by atoms with Gasteiger partial charge in [0.15, 0.2) is 0 Å². The van der Waals surface area contributed by atoms with Crippen LogP contribution >= 0.6 is 0 Å². The van der Waals surface area contributed by atoms with Crippen molar-refractivity contribution in [3.05, 3.63) is 41.6 Å². The van der Waals surface area contributed by atoms with Crippen LogP contribution in [-0.4, -0.2) is 84.1 Å². The number of piperazine rings is 1. The van der Waals surface area contributed by atoms with Gasteiger partial charge in [-0.25, -0.2) is 9.37 Å². The molecule has 1 aromatic carbocycles. The van der Waals surface area contributed by atoms with Gasteiger partial charge in [-0.2, -0.15) is 18.2 Å². The summed E-state index contributed by atoms with van der Waals surface area (Å²) < 4.78 is 53.5. The summed E-state index contributed by atoms with van der Waals surface area (Å²) in [7, 11) is 2.00. The second-order valence-electron chi connectivity index (χ2n) is 9.52. The lowest BCUT2D eigenvalue weighted by molar-refractivity contribution is -0.137. The van der Waals surface area contributed by atoms with Crippen molar-refractivity contribution >= 4 is 29.3 Å². The van der Waals surface area contributed by atoms with E-state index in [1.165, 1.54) is 0 Å². The van der Waals surface area contributed by atoms with Gasteiger partial charge in [0.2, 0.25) is 11.9 Å². The highest BCUT2D eigenvalue weighted by Gasteiger charge is 2.38. The summed E-state index contributed by atoms with van der Waals surface area (Å²) in [5, 5.41) is 8.14. The fourth-order valence-corrected chi connectivity index (χ4v) is 4.70. The number of carbonyl (C=O) groups is 2. The number of alkyl halides is 4. The van der Waals surface area contributed by atoms with E-state index >= 15 is 0 Å². The molecule has 1 aliphatic carbocycles. The topological polar surface area (TPSA) is 102 Å². The van der Waals surface area contributed by atoms with E-state index in [-0.39, 0.29) is 18.4 Å². The molecule has 2 heterocycles. The van der Waals surface area contributed by atoms with Crippen LogP contribution in [0.1, 0.15) is 35.2 Å². The summed E-state index contributed by atoms with van der Waals surface area (Å²) in [6, 6.07) is 5.98. The number of nitrogens with zero attached hydrogens (tertiary/aromatic N) is 4. The normalized spacial score (nSPS) is 20.3. The first-order valence-corrected chi connectivity index (χ1v) is 12.5. The van der Waals surface area contributed by atoms with Gasteiger partial charge in [-0.3, -0.25) is 9.59 Å². The SMILES string of the molecule is CN1CCN(C(=O)c2ccc(Nc3ncc(C(F)(F)F)c(N[C@@H]4CCC[C@@H]4C(=O)NCCF)n3)cc2)CC1. The van der Waals surface area contributed by atoms with Crippen LogP contribution in [0.4, 0.5) is 35.0 Å². The molecule has 1 saturated heterocycles. The molecule has 2 amide bonds. The third-order valence-corrected chi connectivity index (χ3v) is 6.84. The Bertz CT molecular complexity index is 1120. The summed E-state index contributed by atoms with van der Waals surface area (Å²) in [4.78, 5) is 37.0. The zero-order valence-corrected chi connectivity index (χ0v) is 21.0. The zero-order chi connectivity index (χ0) is 27.3. The highest BCUT2D eigenvalue weighted by Crippen LogP contribution is 2.36. The van der Waals surface area contributed by atoms with E-state index in [0.717, 1.165) is 13.1 Å². The predicted molar refractivity (Wildman–Crippen MR) is 134 cm³/mol. The van der Waals surface area contributed by atoms with Crippen molar-refractivity contribution in [2.24, 2.45) is 5.92 Å². The molecule has 2 atom stereocenters. The largest absolute Gasteiger partial charge is 0.421 e. The number of hydrogen-bond acceptors (Lipinski definition) is 7. The zero-order valence-electron chi connectivity index (χ0n) is 21.0. The fourth-order valence-electron chi connectivity index (χ4n) is 4.70. The van der Waals surface area contributed by atoms with Crippen molar-refractivity contribution in [2.45, 2.75) is 31.5 Å². The van der Waals surface area contributed by atoms with Crippen LogP contribution in [0, 0.1) is 5.92 Å². The molecule has 38 heavy (non-hydrogen) atoms. The molecule has 2 aromatic rings. The maximum Gasteiger partial charge on any atom is 0.421 e. The lowest BCUT2D eigenvalue weighted by atomic mass is 10.0. The smallest absolute Gasteiger partial charge is 0.366 e. The van der Waals surface area contributed by atoms with E-state index in [0.29, 0.717) is 49.8 Å². The number of likely N-dealkylation sites (N-methyl/N-ethyl adjacent to an activating group) is 1. The predicted octanol–water partition coefficient (Wildman–Crippen LogP) is 3.29. The first kappa shape index (κ1) is 27.6. The molecule has 1 saturated carbocycles. The van der Waals surface area contributed by atoms with Gasteiger partial charge in [-0.05, 0) is 44.2 Å². The van der Waals surface area contributed by atoms with Crippen LogP contribution in [-0.2, 0) is 11.0 Å². The average molecular weight is 538 g/mol. The van der Waals surface area contributed by atoms with Gasteiger partial charge in [0.1, 0.15) is 18.1 Å². The van der Waals surface area contributed by atoms with Gasteiger partial charge in [-0.1, -0.05) is 6.42 Å². The molecule has 9 nitrogen and oxygen atoms in total. The van der Waals surface area contributed by atoms with Crippen molar-refractivity contribution < 1.29 is 27.2 Å². The van der Waals surface area contributed by atoms with Crippen LogP contribution in [0.5, 0.6) is 0 Å². The summed E-state index contributed by atoms with van der Waals surface area (Å²) >= 11 is 0. The van der Waals surface area contributed by atoms with Gasteiger partial charge in [0, 0.05) is 56.2 Å². The maximum absolute atomic E-state index is 13.7. The molecule has 0 radical (unpaired) electrons. The minimum atomic E-state index is -4.71. The number of amides is 2. The van der Waals surface area contributed by atoms with E-state index in [1.54, 1.807) is 29.2 Å². The highest BCUT2D eigenvalue weighted by molar-refractivity contribution is 5.94. The van der Waals surface area contributed by atoms with Crippen molar-refractivity contribution in [3.63, 3.8) is 0 Å². The summed E-state index contributed by atoms with van der Waals surface area (Å²) in [6.45, 7) is 2.03. The molecule has 4 rings (SSSR count). The molecule has 0 spiro atoms. The van der Waals surface area contributed by atoms with E-state index in [2.05, 4.69) is 30.8 Å². The Kier molecular flexibility index (Phi) is 8.65. The van der Waals surface area contributed by atoms with E-state index in [9.17, 15) is 27.2 Å². The van der Waals surface area contributed by atoms with Crippen molar-refractivity contribution in [2.75, 3.05) is 57.1 Å². The molecule has 0 unspecified atom stereocenters. The molecule has 3 N–H and O–H groups in total. The van der Waals surface area contributed by atoms with E-state index in [1.807, 2.05) is 7.05 Å². The third-order valence-electron chi connectivity index (χ3n) is 6.84. The van der Waals surface area contributed by atoms with Crippen LogP contribution in [0.2, 0.25) is 0 Å². The van der Waals surface area contributed by atoms with Crippen LogP contribution in [0.25, 0.3) is 0 Å². The number of carbonyl (C=O) groups excluding carboxylic acids is 2. The number of anilines is 3. The average Bonchev–Trinajstić information content (AvgIpc) is 3.35. The fraction of sp³-hybridized carbons (Fsp3) is 0.520. The number of benzene rings is 1. The molecule has 2 fully saturated rings. The molecule has 1 aliphatic heterocycles. The number of nitrogens with one attached hydrogen (secondary N) is 3. The molecular formula is C25H31F4N7O2. The molecule has 206 valence electrons. The highest BCUT2D eigenvalue weighted by atomic mass is 19.4. The minimum Gasteiger partial charge on any atom is -0.366 e. The monoisotopic (exact) mass is 537 g/mol. The first-order valence-electron chi connectivity index (χ1n) is 12.5. The Balaban J connectivity index is 1.48. The lowest BCUT2D eigenvalue weighted by Crippen LogP contribution is -2.47. The van der Waals surface area contributed by atoms with Gasteiger partial charge in [0.25, 0.3) is 5.91 Å². The van der Waals surface area contributed by atoms with Crippen molar-refractivity contribution in [1.82, 2.24) is 25.1 Å². The number of hydrogen-bond donors (Lipinski definition) is 3. The summed E-state index contributed by atoms with van der Waals surface area (Å²) in [5.41, 5.74) is -0.0462. The van der Waals surface area contributed by atoms with Gasteiger partial charge < -0.3 is 25.8 Å². The Morgan fingerprint density at radius 2 is 1.79 bits per heavy atom. The molecule has 13 heteroatoms. The number of rotatable bonds is 8. The van der Waals surface area contributed by atoms with E-state index < -0.39 is 42.1 Å². The second kappa shape index (κ2) is 11.9. The number of halogens is 4. The van der Waals surface area contributed by atoms with E-state index in [4.69, 9.17) is 0 Å². The van der Waals surface area contributed by atoms with Crippen molar-refractivity contribution in [3.8, 4) is 0 Å². The maximum atomic E-state index is 13.7. The quantitative estimate of drug-likeness (QED) is 0.444. The summed E-state index contributed by atoms with van der Waals surface area (Å²) in [5.74, 6) is -1.59. The minimum absolute atomic E-state index is 0.0740. The Hall–Kier alpha value is -3.48. The molecular weight excluding hydrogens is 506 g/mol. The van der Waals surface area contributed by atoms with Crippen LogP contribution < -0.4 is 16.0 Å².